The Morgan fingerprint density at radius 3 is 2.59 bits per heavy atom. The van der Waals surface area contributed by atoms with Crippen LogP contribution in [0.5, 0.6) is 0 Å². The van der Waals surface area contributed by atoms with Gasteiger partial charge < -0.3 is 15.0 Å². The van der Waals surface area contributed by atoms with Crippen molar-refractivity contribution < 1.29 is 22.3 Å². The van der Waals surface area contributed by atoms with Crippen LogP contribution in [0.25, 0.3) is 10.9 Å². The molecular weight excluding hydrogens is 421 g/mol. The molecule has 2 heterocycles. The first-order valence-electron chi connectivity index (χ1n) is 9.40. The number of halogens is 2. The molecule has 2 N–H and O–H groups in total. The van der Waals surface area contributed by atoms with E-state index in [9.17, 15) is 17.6 Å². The van der Waals surface area contributed by atoms with Crippen LogP contribution in [-0.2, 0) is 14.8 Å². The van der Waals surface area contributed by atoms with Gasteiger partial charge in [-0.25, -0.2) is 17.6 Å². The van der Waals surface area contributed by atoms with Crippen molar-refractivity contribution in [2.75, 3.05) is 19.6 Å². The molecule has 2 aromatic rings. The molecular formula is C19H25ClFN3O4S. The van der Waals surface area contributed by atoms with Gasteiger partial charge in [0.25, 0.3) is 10.0 Å². The van der Waals surface area contributed by atoms with Crippen LogP contribution in [0.2, 0.25) is 5.02 Å². The molecule has 1 fully saturated rings. The van der Waals surface area contributed by atoms with Gasteiger partial charge in [0.05, 0.1) is 5.02 Å². The topological polar surface area (TPSA) is 91.5 Å². The van der Waals surface area contributed by atoms with Crippen LogP contribution in [0.4, 0.5) is 9.18 Å². The van der Waals surface area contributed by atoms with Crippen molar-refractivity contribution in [3.63, 3.8) is 0 Å². The summed E-state index contributed by atoms with van der Waals surface area (Å²) < 4.78 is 46.1. The minimum atomic E-state index is -3.73. The van der Waals surface area contributed by atoms with E-state index in [2.05, 4.69) is 10.3 Å². The number of hydrogen-bond donors (Lipinski definition) is 2. The first-order valence-corrected chi connectivity index (χ1v) is 11.2. The number of sulfonamides is 1. The Labute approximate surface area is 174 Å². The van der Waals surface area contributed by atoms with Crippen molar-refractivity contribution in [1.29, 1.82) is 0 Å². The van der Waals surface area contributed by atoms with Crippen LogP contribution in [0.3, 0.4) is 0 Å². The fourth-order valence-electron chi connectivity index (χ4n) is 3.27. The van der Waals surface area contributed by atoms with Crippen molar-refractivity contribution >= 4 is 38.6 Å². The number of ether oxygens (including phenoxy) is 1. The maximum Gasteiger partial charge on any atom is 0.407 e. The van der Waals surface area contributed by atoms with Gasteiger partial charge in [0.2, 0.25) is 0 Å². The highest BCUT2D eigenvalue weighted by molar-refractivity contribution is 7.89. The van der Waals surface area contributed by atoms with Crippen LogP contribution in [-0.4, -0.2) is 49.0 Å². The smallest absolute Gasteiger partial charge is 0.407 e. The molecule has 0 spiro atoms. The molecule has 0 aliphatic carbocycles. The second-order valence-electron chi connectivity index (χ2n) is 8.22. The molecule has 1 saturated heterocycles. The summed E-state index contributed by atoms with van der Waals surface area (Å²) >= 11 is 5.77. The lowest BCUT2D eigenvalue weighted by molar-refractivity contribution is 0.0513. The average Bonchev–Trinajstić information content (AvgIpc) is 3.03. The third-order valence-corrected chi connectivity index (χ3v) is 6.87. The summed E-state index contributed by atoms with van der Waals surface area (Å²) in [6.45, 7) is 6.50. The number of nitrogens with zero attached hydrogens (tertiary/aromatic N) is 1. The number of carbonyl (C=O) groups is 1. The molecule has 1 aliphatic heterocycles. The lowest BCUT2D eigenvalue weighted by Crippen LogP contribution is -2.42. The Hall–Kier alpha value is -1.84. The summed E-state index contributed by atoms with van der Waals surface area (Å²) in [6, 6.07) is 4.00. The van der Waals surface area contributed by atoms with Gasteiger partial charge in [-0.05, 0) is 57.7 Å². The second kappa shape index (κ2) is 8.12. The highest BCUT2D eigenvalue weighted by Crippen LogP contribution is 2.28. The zero-order chi connectivity index (χ0) is 21.4. The highest BCUT2D eigenvalue weighted by Gasteiger charge is 2.31. The molecule has 0 saturated carbocycles. The molecule has 0 bridgehead atoms. The number of amides is 1. The number of alkyl carbamates (subject to hydrolysis) is 1. The van der Waals surface area contributed by atoms with E-state index < -0.39 is 27.5 Å². The predicted molar refractivity (Wildman–Crippen MR) is 109 cm³/mol. The average molecular weight is 446 g/mol. The molecule has 0 radical (unpaired) electrons. The van der Waals surface area contributed by atoms with Crippen LogP contribution in [0, 0.1) is 11.7 Å². The van der Waals surface area contributed by atoms with Gasteiger partial charge in [0.15, 0.2) is 0 Å². The lowest BCUT2D eigenvalue weighted by Gasteiger charge is -2.31. The number of H-pyrrole nitrogens is 1. The molecule has 10 heteroatoms. The van der Waals surface area contributed by atoms with Crippen LogP contribution in [0.1, 0.15) is 33.6 Å². The van der Waals surface area contributed by atoms with E-state index in [-0.39, 0.29) is 16.0 Å². The van der Waals surface area contributed by atoms with E-state index in [0.717, 1.165) is 0 Å². The van der Waals surface area contributed by atoms with Gasteiger partial charge in [0, 0.05) is 30.5 Å². The van der Waals surface area contributed by atoms with Gasteiger partial charge in [-0.3, -0.25) is 0 Å². The first-order chi connectivity index (χ1) is 13.5. The maximum absolute atomic E-state index is 13.6. The maximum atomic E-state index is 13.6. The van der Waals surface area contributed by atoms with Crippen molar-refractivity contribution in [3.8, 4) is 0 Å². The Kier molecular flexibility index (Phi) is 6.12. The molecule has 1 aromatic heterocycles. The molecule has 0 unspecified atom stereocenters. The number of fused-ring (bicyclic) bond motifs is 1. The summed E-state index contributed by atoms with van der Waals surface area (Å²) in [7, 11) is -3.73. The third-order valence-electron chi connectivity index (χ3n) is 4.76. The van der Waals surface area contributed by atoms with Crippen LogP contribution >= 0.6 is 11.6 Å². The number of aromatic nitrogens is 1. The Morgan fingerprint density at radius 2 is 1.97 bits per heavy atom. The summed E-state index contributed by atoms with van der Waals surface area (Å²) in [5.74, 6) is -0.426. The van der Waals surface area contributed by atoms with Gasteiger partial charge in [0.1, 0.15) is 16.4 Å². The van der Waals surface area contributed by atoms with Crippen LogP contribution in [0.15, 0.2) is 23.2 Å². The van der Waals surface area contributed by atoms with E-state index >= 15 is 0 Å². The molecule has 1 aliphatic rings. The van der Waals surface area contributed by atoms with Crippen molar-refractivity contribution in [3.05, 3.63) is 29.0 Å². The van der Waals surface area contributed by atoms with Gasteiger partial charge >= 0.3 is 6.09 Å². The largest absolute Gasteiger partial charge is 0.444 e. The fourth-order valence-corrected chi connectivity index (χ4v) is 4.92. The Morgan fingerprint density at radius 1 is 1.31 bits per heavy atom. The monoisotopic (exact) mass is 445 g/mol. The van der Waals surface area contributed by atoms with Gasteiger partial charge in [-0.2, -0.15) is 4.31 Å². The Balaban J connectivity index is 1.60. The molecule has 0 atom stereocenters. The molecule has 3 rings (SSSR count). The quantitative estimate of drug-likeness (QED) is 0.746. The number of rotatable bonds is 4. The molecule has 1 amide bonds. The standard InChI is InChI=1S/C19H25ClFN3O4S/c1-19(2,3)28-18(25)22-11-12-4-6-24(7-5-12)29(26,27)17-9-13-8-15(21)14(20)10-16(13)23-17/h8-10,12,23H,4-7,11H2,1-3H3,(H,22,25). The molecule has 160 valence electrons. The highest BCUT2D eigenvalue weighted by atomic mass is 35.5. The van der Waals surface area contributed by atoms with E-state index in [0.29, 0.717) is 43.4 Å². The third kappa shape index (κ3) is 5.21. The summed E-state index contributed by atoms with van der Waals surface area (Å²) in [6.07, 6.45) is 0.766. The fraction of sp³-hybridized carbons (Fsp3) is 0.526. The zero-order valence-electron chi connectivity index (χ0n) is 16.6. The first kappa shape index (κ1) is 21.9. The minimum Gasteiger partial charge on any atom is -0.444 e. The van der Waals surface area contributed by atoms with E-state index in [1.54, 1.807) is 20.8 Å². The molecule has 1 aromatic carbocycles. The summed E-state index contributed by atoms with van der Waals surface area (Å²) in [5, 5.41) is 3.13. The van der Waals surface area contributed by atoms with Gasteiger partial charge in [-0.15, -0.1) is 0 Å². The summed E-state index contributed by atoms with van der Waals surface area (Å²) in [5.41, 5.74) is -0.0970. The van der Waals surface area contributed by atoms with Crippen LogP contribution < -0.4 is 5.32 Å². The zero-order valence-corrected chi connectivity index (χ0v) is 18.2. The minimum absolute atomic E-state index is 0.0134. The molecule has 29 heavy (non-hydrogen) atoms. The normalized spacial score (nSPS) is 16.9. The summed E-state index contributed by atoms with van der Waals surface area (Å²) in [4.78, 5) is 14.6. The lowest BCUT2D eigenvalue weighted by atomic mass is 9.98. The molecule has 7 nitrogen and oxygen atoms in total. The number of hydrogen-bond acceptors (Lipinski definition) is 4. The predicted octanol–water partition coefficient (Wildman–Crippen LogP) is 3.89. The van der Waals surface area contributed by atoms with E-state index in [1.165, 1.54) is 22.5 Å². The van der Waals surface area contributed by atoms with Crippen molar-refractivity contribution in [2.45, 2.75) is 44.2 Å². The number of piperidine rings is 1. The van der Waals surface area contributed by atoms with Crippen molar-refractivity contribution in [1.82, 2.24) is 14.6 Å². The number of carbonyl (C=O) groups excluding carboxylic acids is 1. The van der Waals surface area contributed by atoms with E-state index in [1.807, 2.05) is 0 Å². The number of benzene rings is 1. The van der Waals surface area contributed by atoms with Gasteiger partial charge in [-0.1, -0.05) is 11.6 Å². The second-order valence-corrected chi connectivity index (χ2v) is 10.5. The van der Waals surface area contributed by atoms with Crippen molar-refractivity contribution in [2.24, 2.45) is 5.92 Å². The number of nitrogens with one attached hydrogen (secondary N) is 2. The van der Waals surface area contributed by atoms with E-state index in [4.69, 9.17) is 16.3 Å². The SMILES string of the molecule is CC(C)(C)OC(=O)NCC1CCN(S(=O)(=O)c2cc3cc(F)c(Cl)cc3[nH]2)CC1. The Bertz CT molecular complexity index is 969. The number of aromatic amines is 1.